The number of carbonyl (C=O) groups is 1. The molecule has 1 heterocycles. The van der Waals surface area contributed by atoms with Crippen molar-refractivity contribution >= 4 is 5.78 Å². The number of ketones is 1. The maximum atomic E-state index is 14.2. The van der Waals surface area contributed by atoms with Crippen molar-refractivity contribution in [1.82, 2.24) is 4.90 Å². The minimum atomic E-state index is -1.06. The molecule has 6 rings (SSSR count). The zero-order valence-electron chi connectivity index (χ0n) is 23.6. The Morgan fingerprint density at radius 1 is 1.07 bits per heavy atom. The number of nitrogens with zero attached hydrogens (tertiary/aromatic N) is 1. The topological polar surface area (TPSA) is 70.0 Å². The summed E-state index contributed by atoms with van der Waals surface area (Å²) in [5.41, 5.74) is 1.90. The van der Waals surface area contributed by atoms with Crippen molar-refractivity contribution in [3.63, 3.8) is 0 Å². The van der Waals surface area contributed by atoms with Gasteiger partial charge in [0.1, 0.15) is 0 Å². The summed E-state index contributed by atoms with van der Waals surface area (Å²) in [6, 6.07) is 9.01. The molecule has 1 saturated heterocycles. The zero-order chi connectivity index (χ0) is 28.5. The van der Waals surface area contributed by atoms with Gasteiger partial charge in [0.25, 0.3) is 0 Å². The van der Waals surface area contributed by atoms with Crippen LogP contribution in [-0.4, -0.2) is 65.4 Å². The number of halogens is 2. The molecule has 4 atom stereocenters. The van der Waals surface area contributed by atoms with Gasteiger partial charge in [0.15, 0.2) is 17.4 Å². The highest BCUT2D eigenvalue weighted by atomic mass is 19.2. The van der Waals surface area contributed by atoms with Crippen molar-refractivity contribution in [1.29, 1.82) is 0 Å². The standard InChI is InChI=1S/C33H41F2NO4/c1-22-4-3-12-32(2)28(11-13-33(32,39)21-36-14-16-40-17-15-36)26-9-6-23(18-25(37)8-5-22)19-27(26)31(38)24-7-10-29(34)30(35)20-24/h4,6-7,9-10,19-20,25,28,37,39H,3,5,8,11-18,21H2,1-2H3/t25-,28-,32-,33+/m0/s1. The molecule has 2 N–H and O–H groups in total. The summed E-state index contributed by atoms with van der Waals surface area (Å²) < 4.78 is 33.4. The highest BCUT2D eigenvalue weighted by molar-refractivity contribution is 6.10. The SMILES string of the molecule is CC1=CCC[C@@]2(C)[C@@H](CC[C@@]2(O)CN2CCOCC2)c2ccc(cc2C(=O)c2ccc(F)c(F)c2)C[C@@H](O)CC1. The van der Waals surface area contributed by atoms with Crippen LogP contribution in [0.2, 0.25) is 0 Å². The molecule has 1 aliphatic heterocycles. The van der Waals surface area contributed by atoms with Crippen LogP contribution in [0.5, 0.6) is 0 Å². The van der Waals surface area contributed by atoms with Crippen LogP contribution in [0.3, 0.4) is 0 Å². The third-order valence-corrected chi connectivity index (χ3v) is 9.69. The summed E-state index contributed by atoms with van der Waals surface area (Å²) in [6.07, 6.45) is 6.28. The van der Waals surface area contributed by atoms with Crippen LogP contribution in [0, 0.1) is 17.0 Å². The number of ether oxygens (including phenoxy) is 1. The van der Waals surface area contributed by atoms with Crippen LogP contribution in [0.1, 0.15) is 85.3 Å². The predicted molar refractivity (Wildman–Crippen MR) is 150 cm³/mol. The average Bonchev–Trinajstić information content (AvgIpc) is 3.18. The maximum Gasteiger partial charge on any atom is 0.193 e. The summed E-state index contributed by atoms with van der Waals surface area (Å²) in [5, 5.41) is 23.1. The Bertz CT molecular complexity index is 1270. The van der Waals surface area contributed by atoms with E-state index in [0.717, 1.165) is 55.6 Å². The van der Waals surface area contributed by atoms with Crippen LogP contribution in [0.4, 0.5) is 8.78 Å². The van der Waals surface area contributed by atoms with Crippen molar-refractivity contribution in [2.24, 2.45) is 5.41 Å². The molecule has 5 nitrogen and oxygen atoms in total. The number of fused-ring (bicyclic) bond motifs is 8. The van der Waals surface area contributed by atoms with E-state index < -0.39 is 28.8 Å². The summed E-state index contributed by atoms with van der Waals surface area (Å²) in [5.74, 6) is -2.55. The van der Waals surface area contributed by atoms with Gasteiger partial charge in [-0.1, -0.05) is 30.7 Å². The fourth-order valence-electron chi connectivity index (χ4n) is 7.12. The lowest BCUT2D eigenvalue weighted by atomic mass is 9.64. The van der Waals surface area contributed by atoms with E-state index in [-0.39, 0.29) is 17.3 Å². The van der Waals surface area contributed by atoms with Gasteiger partial charge in [-0.3, -0.25) is 9.69 Å². The molecule has 0 aromatic heterocycles. The summed E-state index contributed by atoms with van der Waals surface area (Å²) in [7, 11) is 0. The minimum Gasteiger partial charge on any atom is -0.393 e. The van der Waals surface area contributed by atoms with Crippen LogP contribution in [0.25, 0.3) is 0 Å². The van der Waals surface area contributed by atoms with E-state index >= 15 is 0 Å². The van der Waals surface area contributed by atoms with Crippen LogP contribution in [0.15, 0.2) is 48.0 Å². The summed E-state index contributed by atoms with van der Waals surface area (Å²) in [6.45, 7) is 7.65. The van der Waals surface area contributed by atoms with E-state index in [4.69, 9.17) is 4.74 Å². The first-order valence-corrected chi connectivity index (χ1v) is 14.6. The first kappa shape index (κ1) is 29.1. The number of aliphatic hydroxyl groups is 2. The van der Waals surface area contributed by atoms with Crippen LogP contribution >= 0.6 is 0 Å². The second kappa shape index (κ2) is 11.8. The number of carbonyl (C=O) groups excluding carboxylic acids is 1. The Morgan fingerprint density at radius 2 is 1.85 bits per heavy atom. The molecule has 2 aromatic carbocycles. The van der Waals surface area contributed by atoms with E-state index in [1.165, 1.54) is 11.6 Å². The van der Waals surface area contributed by atoms with Gasteiger partial charge in [0.05, 0.1) is 24.9 Å². The number of β-amino-alcohol motifs (C(OH)–C–C–N with tert-alkyl or cyclic N) is 1. The number of rotatable bonds is 4. The quantitative estimate of drug-likeness (QED) is 0.383. The fraction of sp³-hybridized carbons (Fsp3) is 0.545. The molecule has 4 aliphatic rings. The van der Waals surface area contributed by atoms with Gasteiger partial charge in [-0.2, -0.15) is 0 Å². The summed E-state index contributed by atoms with van der Waals surface area (Å²) >= 11 is 0. The van der Waals surface area contributed by atoms with Gasteiger partial charge in [-0.05, 0) is 93.2 Å². The lowest BCUT2D eigenvalue weighted by Gasteiger charge is -2.46. The Balaban J connectivity index is 1.60. The third-order valence-electron chi connectivity index (χ3n) is 9.69. The Kier molecular flexibility index (Phi) is 8.58. The van der Waals surface area contributed by atoms with Gasteiger partial charge in [0.2, 0.25) is 0 Å². The molecule has 0 radical (unpaired) electrons. The summed E-state index contributed by atoms with van der Waals surface area (Å²) in [4.78, 5) is 16.2. The second-order valence-electron chi connectivity index (χ2n) is 12.3. The first-order valence-electron chi connectivity index (χ1n) is 14.6. The maximum absolute atomic E-state index is 14.2. The van der Waals surface area contributed by atoms with E-state index in [0.29, 0.717) is 51.0 Å². The normalized spacial score (nSPS) is 30.0. The number of hydrogen-bond acceptors (Lipinski definition) is 5. The number of benzene rings is 2. The Hall–Kier alpha value is -2.45. The molecule has 216 valence electrons. The molecular formula is C33H41F2NO4. The predicted octanol–water partition coefficient (Wildman–Crippen LogP) is 5.57. The lowest BCUT2D eigenvalue weighted by Crippen LogP contribution is -2.54. The van der Waals surface area contributed by atoms with Crippen molar-refractivity contribution < 1.29 is 28.5 Å². The molecule has 3 aliphatic carbocycles. The molecule has 0 unspecified atom stereocenters. The number of morpholine rings is 1. The molecule has 0 spiro atoms. The smallest absolute Gasteiger partial charge is 0.193 e. The number of allylic oxidation sites excluding steroid dienone is 2. The van der Waals surface area contributed by atoms with E-state index in [9.17, 15) is 23.8 Å². The van der Waals surface area contributed by atoms with Crippen molar-refractivity contribution in [2.75, 3.05) is 32.8 Å². The fourth-order valence-corrected chi connectivity index (χ4v) is 7.12. The van der Waals surface area contributed by atoms with E-state index in [1.54, 1.807) is 0 Å². The number of hydrogen-bond donors (Lipinski definition) is 2. The third kappa shape index (κ3) is 5.80. The monoisotopic (exact) mass is 553 g/mol. The van der Waals surface area contributed by atoms with Gasteiger partial charge in [-0.15, -0.1) is 0 Å². The lowest BCUT2D eigenvalue weighted by molar-refractivity contribution is -0.0959. The zero-order valence-corrected chi connectivity index (χ0v) is 23.6. The molecule has 2 aromatic rings. The Morgan fingerprint density at radius 3 is 2.60 bits per heavy atom. The van der Waals surface area contributed by atoms with Gasteiger partial charge in [-0.25, -0.2) is 8.78 Å². The molecule has 1 saturated carbocycles. The molecular weight excluding hydrogens is 512 g/mol. The largest absolute Gasteiger partial charge is 0.393 e. The molecule has 7 heteroatoms. The highest BCUT2D eigenvalue weighted by Crippen LogP contribution is 2.58. The van der Waals surface area contributed by atoms with Gasteiger partial charge >= 0.3 is 0 Å². The van der Waals surface area contributed by atoms with Gasteiger partial charge in [0, 0.05) is 36.2 Å². The molecule has 2 bridgehead atoms. The average molecular weight is 554 g/mol. The molecule has 2 fully saturated rings. The van der Waals surface area contributed by atoms with E-state index in [2.05, 4.69) is 24.8 Å². The molecule has 40 heavy (non-hydrogen) atoms. The Labute approximate surface area is 235 Å². The second-order valence-corrected chi connectivity index (χ2v) is 12.3. The number of aliphatic hydroxyl groups excluding tert-OH is 1. The van der Waals surface area contributed by atoms with Gasteiger partial charge < -0.3 is 14.9 Å². The highest BCUT2D eigenvalue weighted by Gasteiger charge is 2.57. The minimum absolute atomic E-state index is 0.0841. The van der Waals surface area contributed by atoms with Crippen LogP contribution in [-0.2, 0) is 11.2 Å². The van der Waals surface area contributed by atoms with E-state index in [1.807, 2.05) is 18.2 Å². The molecule has 0 amide bonds. The van der Waals surface area contributed by atoms with Crippen molar-refractivity contribution in [2.45, 2.75) is 76.4 Å². The van der Waals surface area contributed by atoms with Crippen molar-refractivity contribution in [3.05, 3.63) is 81.9 Å². The first-order chi connectivity index (χ1) is 19.1. The van der Waals surface area contributed by atoms with Crippen molar-refractivity contribution in [3.8, 4) is 0 Å². The van der Waals surface area contributed by atoms with Crippen LogP contribution < -0.4 is 0 Å².